The predicted molar refractivity (Wildman–Crippen MR) is 118 cm³/mol. The molecule has 5 rings (SSSR count). The molecule has 0 atom stereocenters. The van der Waals surface area contributed by atoms with E-state index in [1.54, 1.807) is 13.2 Å². The summed E-state index contributed by atoms with van der Waals surface area (Å²) < 4.78 is 21.5. The van der Waals surface area contributed by atoms with Gasteiger partial charge in [-0.25, -0.2) is 9.07 Å². The number of rotatable bonds is 3. The Morgan fingerprint density at radius 3 is 2.57 bits per heavy atom. The molecule has 30 heavy (non-hydrogen) atoms. The van der Waals surface area contributed by atoms with Crippen LogP contribution in [0.2, 0.25) is 0 Å². The Labute approximate surface area is 173 Å². The van der Waals surface area contributed by atoms with Gasteiger partial charge in [-0.15, -0.1) is 0 Å². The van der Waals surface area contributed by atoms with E-state index in [2.05, 4.69) is 31.0 Å². The topological polar surface area (TPSA) is 39.9 Å². The number of pyridine rings is 1. The number of halogens is 1. The Bertz CT molecular complexity index is 1420. The van der Waals surface area contributed by atoms with Gasteiger partial charge in [0.2, 0.25) is 0 Å². The highest BCUT2D eigenvalue weighted by Crippen LogP contribution is 2.35. The van der Waals surface area contributed by atoms with Gasteiger partial charge in [0.15, 0.2) is 0 Å². The maximum absolute atomic E-state index is 14.2. The van der Waals surface area contributed by atoms with Crippen LogP contribution in [-0.4, -0.2) is 21.9 Å². The van der Waals surface area contributed by atoms with Gasteiger partial charge in [-0.3, -0.25) is 4.98 Å². The summed E-state index contributed by atoms with van der Waals surface area (Å²) in [5.41, 5.74) is 6.56. The number of fused-ring (bicyclic) bond motifs is 3. The van der Waals surface area contributed by atoms with Crippen molar-refractivity contribution in [3.8, 4) is 22.7 Å². The minimum atomic E-state index is -0.299. The lowest BCUT2D eigenvalue weighted by atomic mass is 10.1. The third-order valence-electron chi connectivity index (χ3n) is 5.55. The predicted octanol–water partition coefficient (Wildman–Crippen LogP) is 6.01. The van der Waals surface area contributed by atoms with E-state index in [4.69, 9.17) is 9.84 Å². The van der Waals surface area contributed by atoms with Crippen LogP contribution in [0.5, 0.6) is 5.75 Å². The number of benzene rings is 3. The van der Waals surface area contributed by atoms with E-state index in [1.165, 1.54) is 23.3 Å². The second-order valence-corrected chi connectivity index (χ2v) is 7.44. The first kappa shape index (κ1) is 18.3. The quantitative estimate of drug-likeness (QED) is 0.375. The lowest BCUT2D eigenvalue weighted by Gasteiger charge is -2.08. The van der Waals surface area contributed by atoms with Crippen molar-refractivity contribution in [3.63, 3.8) is 0 Å². The fourth-order valence-electron chi connectivity index (χ4n) is 3.78. The van der Waals surface area contributed by atoms with Crippen molar-refractivity contribution in [1.29, 1.82) is 0 Å². The van der Waals surface area contributed by atoms with E-state index < -0.39 is 0 Å². The van der Waals surface area contributed by atoms with Crippen LogP contribution in [0.4, 0.5) is 4.39 Å². The summed E-state index contributed by atoms with van der Waals surface area (Å²) >= 11 is 0. The Hall–Kier alpha value is -3.73. The first-order chi connectivity index (χ1) is 14.5. The van der Waals surface area contributed by atoms with E-state index >= 15 is 0 Å². The van der Waals surface area contributed by atoms with Gasteiger partial charge in [0.1, 0.15) is 17.3 Å². The summed E-state index contributed by atoms with van der Waals surface area (Å²) in [6, 6.07) is 18.6. The molecule has 0 aliphatic rings. The molecule has 148 valence electrons. The Morgan fingerprint density at radius 2 is 1.77 bits per heavy atom. The molecule has 2 aromatic heterocycles. The summed E-state index contributed by atoms with van der Waals surface area (Å²) in [7, 11) is 1.64. The van der Waals surface area contributed by atoms with Crippen LogP contribution in [-0.2, 0) is 0 Å². The normalized spacial score (nSPS) is 11.3. The number of aromatic nitrogens is 3. The molecule has 4 nitrogen and oxygen atoms in total. The van der Waals surface area contributed by atoms with Crippen LogP contribution < -0.4 is 4.74 Å². The van der Waals surface area contributed by atoms with E-state index in [0.29, 0.717) is 0 Å². The molecule has 0 fully saturated rings. The first-order valence-electron chi connectivity index (χ1n) is 9.74. The van der Waals surface area contributed by atoms with E-state index in [1.807, 2.05) is 41.2 Å². The molecule has 0 saturated heterocycles. The fourth-order valence-corrected chi connectivity index (χ4v) is 3.78. The first-order valence-corrected chi connectivity index (χ1v) is 9.74. The van der Waals surface area contributed by atoms with Crippen LogP contribution in [0.3, 0.4) is 0 Å². The van der Waals surface area contributed by atoms with E-state index in [9.17, 15) is 4.39 Å². The maximum atomic E-state index is 14.2. The molecule has 0 aliphatic carbocycles. The van der Waals surface area contributed by atoms with Crippen molar-refractivity contribution in [3.05, 3.63) is 83.8 Å². The van der Waals surface area contributed by atoms with Gasteiger partial charge in [-0.1, -0.05) is 18.2 Å². The average Bonchev–Trinajstić information content (AvgIpc) is 3.16. The maximum Gasteiger partial charge on any atom is 0.124 e. The Balaban J connectivity index is 1.89. The van der Waals surface area contributed by atoms with E-state index in [0.717, 1.165) is 44.5 Å². The van der Waals surface area contributed by atoms with Gasteiger partial charge < -0.3 is 4.74 Å². The van der Waals surface area contributed by atoms with Crippen molar-refractivity contribution in [2.75, 3.05) is 7.11 Å². The van der Waals surface area contributed by atoms with Crippen molar-refractivity contribution in [2.45, 2.75) is 13.8 Å². The summed E-state index contributed by atoms with van der Waals surface area (Å²) in [4.78, 5) is 4.57. The lowest BCUT2D eigenvalue weighted by molar-refractivity contribution is 0.415. The standard InChI is InChI=1S/C25H20FN3O/c1-15-7-9-19(11-16(15)2)29-25-21-13-18(26)8-10-23(21)27-14-22(25)24(28-29)17-5-4-6-20(12-17)30-3/h4-14H,1-3H3. The van der Waals surface area contributed by atoms with Gasteiger partial charge in [0.05, 0.1) is 23.8 Å². The number of methoxy groups -OCH3 is 1. The zero-order valence-electron chi connectivity index (χ0n) is 17.0. The summed E-state index contributed by atoms with van der Waals surface area (Å²) in [6.45, 7) is 4.16. The molecule has 5 heteroatoms. The van der Waals surface area contributed by atoms with Crippen molar-refractivity contribution in [1.82, 2.24) is 14.8 Å². The second-order valence-electron chi connectivity index (χ2n) is 7.44. The molecule has 3 aromatic carbocycles. The Morgan fingerprint density at radius 1 is 0.900 bits per heavy atom. The third kappa shape index (κ3) is 2.90. The average molecular weight is 397 g/mol. The minimum absolute atomic E-state index is 0.299. The zero-order chi connectivity index (χ0) is 20.8. The number of hydrogen-bond acceptors (Lipinski definition) is 3. The summed E-state index contributed by atoms with van der Waals surface area (Å²) in [6.07, 6.45) is 1.81. The molecule has 2 heterocycles. The largest absolute Gasteiger partial charge is 0.497 e. The van der Waals surface area contributed by atoms with Gasteiger partial charge >= 0.3 is 0 Å². The fraction of sp³-hybridized carbons (Fsp3) is 0.120. The SMILES string of the molecule is COc1cccc(-c2nn(-c3ccc(C)c(C)c3)c3c2cnc2ccc(F)cc23)c1. The molecule has 0 bridgehead atoms. The summed E-state index contributed by atoms with van der Waals surface area (Å²) in [5, 5.41) is 6.54. The summed E-state index contributed by atoms with van der Waals surface area (Å²) in [5.74, 6) is 0.453. The molecule has 0 radical (unpaired) electrons. The molecule has 0 N–H and O–H groups in total. The molecule has 0 aliphatic heterocycles. The number of ether oxygens (including phenoxy) is 1. The van der Waals surface area contributed by atoms with Crippen LogP contribution in [0.1, 0.15) is 11.1 Å². The highest BCUT2D eigenvalue weighted by molar-refractivity contribution is 6.08. The van der Waals surface area contributed by atoms with E-state index in [-0.39, 0.29) is 5.82 Å². The molecule has 0 amide bonds. The number of aryl methyl sites for hydroxylation is 2. The molecule has 0 spiro atoms. The number of nitrogens with zero attached hydrogens (tertiary/aromatic N) is 3. The van der Waals surface area contributed by atoms with Crippen LogP contribution in [0, 0.1) is 19.7 Å². The lowest BCUT2D eigenvalue weighted by Crippen LogP contribution is -1.99. The molecular formula is C25H20FN3O. The highest BCUT2D eigenvalue weighted by atomic mass is 19.1. The van der Waals surface area contributed by atoms with Crippen LogP contribution >= 0.6 is 0 Å². The second kappa shape index (κ2) is 6.95. The number of hydrogen-bond donors (Lipinski definition) is 0. The molecule has 0 saturated carbocycles. The molecule has 5 aromatic rings. The van der Waals surface area contributed by atoms with Gasteiger partial charge in [0.25, 0.3) is 0 Å². The molecular weight excluding hydrogens is 377 g/mol. The third-order valence-corrected chi connectivity index (χ3v) is 5.55. The smallest absolute Gasteiger partial charge is 0.124 e. The van der Waals surface area contributed by atoms with Gasteiger partial charge in [0, 0.05) is 22.5 Å². The molecule has 0 unspecified atom stereocenters. The zero-order valence-corrected chi connectivity index (χ0v) is 17.0. The Kier molecular flexibility index (Phi) is 4.24. The van der Waals surface area contributed by atoms with Crippen LogP contribution in [0.15, 0.2) is 66.9 Å². The van der Waals surface area contributed by atoms with Crippen molar-refractivity contribution in [2.24, 2.45) is 0 Å². The highest BCUT2D eigenvalue weighted by Gasteiger charge is 2.18. The van der Waals surface area contributed by atoms with Crippen molar-refractivity contribution < 1.29 is 9.13 Å². The monoisotopic (exact) mass is 397 g/mol. The minimum Gasteiger partial charge on any atom is -0.497 e. The van der Waals surface area contributed by atoms with Crippen molar-refractivity contribution >= 4 is 21.8 Å². The van der Waals surface area contributed by atoms with Crippen LogP contribution in [0.25, 0.3) is 38.8 Å². The van der Waals surface area contributed by atoms with Gasteiger partial charge in [-0.2, -0.15) is 5.10 Å². The van der Waals surface area contributed by atoms with Gasteiger partial charge in [-0.05, 0) is 67.4 Å².